The monoisotopic (exact) mass is 224 g/mol. The van der Waals surface area contributed by atoms with Crippen LogP contribution in [0.5, 0.6) is 0 Å². The van der Waals surface area contributed by atoms with E-state index < -0.39 is 11.2 Å². The van der Waals surface area contributed by atoms with Crippen molar-refractivity contribution < 1.29 is 4.79 Å². The van der Waals surface area contributed by atoms with Crippen LogP contribution in [0.15, 0.2) is 12.3 Å². The van der Waals surface area contributed by atoms with Crippen LogP contribution in [0.2, 0.25) is 0 Å². The van der Waals surface area contributed by atoms with Crippen LogP contribution in [-0.2, 0) is 11.3 Å². The maximum atomic E-state index is 11.1. The average Bonchev–Trinajstić information content (AvgIpc) is 2.27. The molecule has 0 saturated carbocycles. The smallest absolute Gasteiger partial charge is 0.234 e. The van der Waals surface area contributed by atoms with Crippen molar-refractivity contribution in [1.29, 1.82) is 0 Å². The fourth-order valence-electron chi connectivity index (χ4n) is 1.59. The van der Waals surface area contributed by atoms with E-state index in [0.717, 1.165) is 16.9 Å². The number of nitrogens with two attached hydrogens (primary N) is 1. The third-order valence-corrected chi connectivity index (χ3v) is 2.87. The van der Waals surface area contributed by atoms with Crippen LogP contribution in [0, 0.1) is 0 Å². The molecule has 5 nitrogen and oxygen atoms in total. The molecule has 1 aromatic rings. The van der Waals surface area contributed by atoms with Gasteiger partial charge >= 0.3 is 0 Å². The standard InChI is InChI=1S/C9H12N4OS/c10-8(14)7(15)5-1-2-12-9-6(5)3-11-4-13-9/h1-2,7,11,15H,3-4H2,(H2,10,14)(H,12,13). The summed E-state index contributed by atoms with van der Waals surface area (Å²) in [7, 11) is 0. The summed E-state index contributed by atoms with van der Waals surface area (Å²) < 4.78 is 0. The Labute approximate surface area is 92.9 Å². The molecule has 2 heterocycles. The fraction of sp³-hybridized carbons (Fsp3) is 0.333. The number of hydrogen-bond donors (Lipinski definition) is 4. The van der Waals surface area contributed by atoms with E-state index in [1.54, 1.807) is 12.3 Å². The number of pyridine rings is 1. The van der Waals surface area contributed by atoms with Crippen molar-refractivity contribution in [1.82, 2.24) is 10.3 Å². The second-order valence-electron chi connectivity index (χ2n) is 3.31. The summed E-state index contributed by atoms with van der Waals surface area (Å²) in [5.41, 5.74) is 7.00. The predicted octanol–water partition coefficient (Wildman–Crippen LogP) is 0.0104. The van der Waals surface area contributed by atoms with Crippen LogP contribution in [-0.4, -0.2) is 17.6 Å². The lowest BCUT2D eigenvalue weighted by molar-refractivity contribution is -0.117. The molecule has 1 aromatic heterocycles. The molecule has 0 fully saturated rings. The molecule has 1 atom stereocenters. The number of carbonyl (C=O) groups is 1. The van der Waals surface area contributed by atoms with Gasteiger partial charge in [0, 0.05) is 18.3 Å². The molecular weight excluding hydrogens is 212 g/mol. The first kappa shape index (κ1) is 10.3. The number of anilines is 1. The number of thiol groups is 1. The summed E-state index contributed by atoms with van der Waals surface area (Å²) in [4.78, 5) is 15.3. The van der Waals surface area contributed by atoms with Gasteiger partial charge in [0.05, 0.1) is 6.67 Å². The predicted molar refractivity (Wildman–Crippen MR) is 60.5 cm³/mol. The van der Waals surface area contributed by atoms with E-state index in [1.807, 2.05) is 0 Å². The zero-order valence-corrected chi connectivity index (χ0v) is 8.92. The van der Waals surface area contributed by atoms with Crippen molar-refractivity contribution in [2.24, 2.45) is 5.73 Å². The van der Waals surface area contributed by atoms with Gasteiger partial charge in [0.2, 0.25) is 5.91 Å². The molecule has 0 aliphatic carbocycles. The quantitative estimate of drug-likeness (QED) is 0.534. The maximum absolute atomic E-state index is 11.1. The van der Waals surface area contributed by atoms with Crippen molar-refractivity contribution in [3.63, 3.8) is 0 Å². The highest BCUT2D eigenvalue weighted by atomic mass is 32.1. The second-order valence-corrected chi connectivity index (χ2v) is 3.83. The summed E-state index contributed by atoms with van der Waals surface area (Å²) in [5, 5.41) is 5.65. The molecule has 1 amide bonds. The number of primary amides is 1. The molecule has 0 radical (unpaired) electrons. The molecule has 0 spiro atoms. The van der Waals surface area contributed by atoms with Gasteiger partial charge in [0.1, 0.15) is 11.1 Å². The highest BCUT2D eigenvalue weighted by Gasteiger charge is 2.20. The highest BCUT2D eigenvalue weighted by Crippen LogP contribution is 2.28. The molecule has 6 heteroatoms. The summed E-state index contributed by atoms with van der Waals surface area (Å²) in [6.45, 7) is 1.35. The molecule has 15 heavy (non-hydrogen) atoms. The van der Waals surface area contributed by atoms with Gasteiger partial charge in [-0.15, -0.1) is 0 Å². The lowest BCUT2D eigenvalue weighted by atomic mass is 10.0. The molecule has 80 valence electrons. The topological polar surface area (TPSA) is 80.0 Å². The second kappa shape index (κ2) is 4.08. The van der Waals surface area contributed by atoms with Crippen LogP contribution in [0.25, 0.3) is 0 Å². The van der Waals surface area contributed by atoms with Crippen molar-refractivity contribution in [2.45, 2.75) is 11.8 Å². The molecule has 1 aliphatic heterocycles. The zero-order chi connectivity index (χ0) is 10.8. The van der Waals surface area contributed by atoms with Crippen molar-refractivity contribution in [3.05, 3.63) is 23.4 Å². The van der Waals surface area contributed by atoms with Gasteiger partial charge in [0.25, 0.3) is 0 Å². The number of nitrogens with zero attached hydrogens (tertiary/aromatic N) is 1. The normalized spacial score (nSPS) is 16.3. The number of amides is 1. The van der Waals surface area contributed by atoms with Crippen molar-refractivity contribution in [2.75, 3.05) is 12.0 Å². The van der Waals surface area contributed by atoms with Crippen molar-refractivity contribution in [3.8, 4) is 0 Å². The summed E-state index contributed by atoms with van der Waals surface area (Å²) in [6, 6.07) is 1.77. The van der Waals surface area contributed by atoms with E-state index in [4.69, 9.17) is 5.73 Å². The first-order valence-corrected chi connectivity index (χ1v) is 5.11. The molecule has 1 unspecified atom stereocenters. The van der Waals surface area contributed by atoms with E-state index in [0.29, 0.717) is 13.2 Å². The largest absolute Gasteiger partial charge is 0.368 e. The first-order valence-electron chi connectivity index (χ1n) is 4.60. The van der Waals surface area contributed by atoms with E-state index >= 15 is 0 Å². The van der Waals surface area contributed by atoms with Gasteiger partial charge in [0.15, 0.2) is 0 Å². The highest BCUT2D eigenvalue weighted by molar-refractivity contribution is 7.81. The molecular formula is C9H12N4OS. The minimum Gasteiger partial charge on any atom is -0.368 e. The Morgan fingerprint density at radius 3 is 3.20 bits per heavy atom. The number of rotatable bonds is 2. The van der Waals surface area contributed by atoms with Gasteiger partial charge < -0.3 is 11.1 Å². The van der Waals surface area contributed by atoms with Crippen LogP contribution >= 0.6 is 12.6 Å². The Kier molecular flexibility index (Phi) is 2.79. The Morgan fingerprint density at radius 1 is 1.67 bits per heavy atom. The lowest BCUT2D eigenvalue weighted by Gasteiger charge is -2.22. The number of nitrogens with one attached hydrogen (secondary N) is 2. The van der Waals surface area contributed by atoms with Gasteiger partial charge in [-0.2, -0.15) is 12.6 Å². The van der Waals surface area contributed by atoms with Gasteiger partial charge in [-0.3, -0.25) is 10.1 Å². The van der Waals surface area contributed by atoms with E-state index in [-0.39, 0.29) is 0 Å². The summed E-state index contributed by atoms with van der Waals surface area (Å²) >= 11 is 4.19. The average molecular weight is 224 g/mol. The van der Waals surface area contributed by atoms with Crippen molar-refractivity contribution >= 4 is 24.4 Å². The maximum Gasteiger partial charge on any atom is 0.234 e. The number of fused-ring (bicyclic) bond motifs is 1. The van der Waals surface area contributed by atoms with Crippen LogP contribution in [0.4, 0.5) is 5.82 Å². The van der Waals surface area contributed by atoms with E-state index in [2.05, 4.69) is 28.2 Å². The van der Waals surface area contributed by atoms with Gasteiger partial charge in [-0.05, 0) is 11.6 Å². The number of aromatic nitrogens is 1. The van der Waals surface area contributed by atoms with Gasteiger partial charge in [-0.25, -0.2) is 4.98 Å². The van der Waals surface area contributed by atoms with E-state index in [1.165, 1.54) is 0 Å². The lowest BCUT2D eigenvalue weighted by Crippen LogP contribution is -2.30. The zero-order valence-electron chi connectivity index (χ0n) is 8.03. The van der Waals surface area contributed by atoms with Crippen LogP contribution < -0.4 is 16.4 Å². The third kappa shape index (κ3) is 1.91. The first-order chi connectivity index (χ1) is 7.20. The number of carbonyl (C=O) groups excluding carboxylic acids is 1. The molecule has 0 aromatic carbocycles. The minimum atomic E-state index is -0.580. The molecule has 1 aliphatic rings. The Hall–Kier alpha value is -1.27. The fourth-order valence-corrected chi connectivity index (χ4v) is 1.83. The summed E-state index contributed by atoms with van der Waals surface area (Å²) in [5.74, 6) is 0.351. The third-order valence-electron chi connectivity index (χ3n) is 2.34. The van der Waals surface area contributed by atoms with Gasteiger partial charge in [-0.1, -0.05) is 0 Å². The van der Waals surface area contributed by atoms with Crippen LogP contribution in [0.1, 0.15) is 16.4 Å². The number of hydrogen-bond acceptors (Lipinski definition) is 5. The molecule has 2 rings (SSSR count). The van der Waals surface area contributed by atoms with Crippen LogP contribution in [0.3, 0.4) is 0 Å². The molecule has 0 saturated heterocycles. The minimum absolute atomic E-state index is 0.447. The summed E-state index contributed by atoms with van der Waals surface area (Å²) in [6.07, 6.45) is 1.65. The Morgan fingerprint density at radius 2 is 2.47 bits per heavy atom. The molecule has 0 bridgehead atoms. The Bertz CT molecular complexity index is 396. The Balaban J connectivity index is 2.43. The molecule has 4 N–H and O–H groups in total. The SMILES string of the molecule is NC(=O)C(S)c1ccnc2c1CNCN2. The van der Waals surface area contributed by atoms with E-state index in [9.17, 15) is 4.79 Å².